The van der Waals surface area contributed by atoms with Crippen LogP contribution in [0.2, 0.25) is 0 Å². The molecule has 1 unspecified atom stereocenters. The van der Waals surface area contributed by atoms with Crippen LogP contribution < -0.4 is 15.4 Å². The predicted octanol–water partition coefficient (Wildman–Crippen LogP) is 3.96. The van der Waals surface area contributed by atoms with Gasteiger partial charge in [0.25, 0.3) is 0 Å². The van der Waals surface area contributed by atoms with Gasteiger partial charge in [-0.3, -0.25) is 4.99 Å². The van der Waals surface area contributed by atoms with Crippen molar-refractivity contribution in [2.75, 3.05) is 27.2 Å². The van der Waals surface area contributed by atoms with Crippen molar-refractivity contribution in [2.24, 2.45) is 10.9 Å². The highest BCUT2D eigenvalue weighted by Crippen LogP contribution is 2.14. The summed E-state index contributed by atoms with van der Waals surface area (Å²) >= 11 is 1.82. The molecule has 4 nitrogen and oxygen atoms in total. The maximum absolute atomic E-state index is 5.26. The first-order valence-corrected chi connectivity index (χ1v) is 9.19. The Bertz CT molecular complexity index is 631. The van der Waals surface area contributed by atoms with E-state index < -0.39 is 0 Å². The number of aliphatic imine (C=N–C) groups is 1. The maximum atomic E-state index is 5.26. The fourth-order valence-corrected chi connectivity index (χ4v) is 3.36. The molecule has 2 N–H and O–H groups in total. The lowest BCUT2D eigenvalue weighted by Gasteiger charge is -2.15. The summed E-state index contributed by atoms with van der Waals surface area (Å²) in [4.78, 5) is 5.73. The van der Waals surface area contributed by atoms with Gasteiger partial charge >= 0.3 is 0 Å². The third kappa shape index (κ3) is 8.09. The van der Waals surface area contributed by atoms with Gasteiger partial charge < -0.3 is 15.4 Å². The number of benzene rings is 1. The standard InChI is InChI=1S/C19H27N3OS.HI/c1-15(12-18-8-5-11-24-18)14-22-19(20-2)21-10-9-16-6-4-7-17(13-16)23-3;/h4-8,11,13,15H,9-10,12,14H2,1-3H3,(H2,20,21,22);1H. The van der Waals surface area contributed by atoms with Crippen LogP contribution in [0.1, 0.15) is 17.4 Å². The Morgan fingerprint density at radius 1 is 1.24 bits per heavy atom. The number of guanidine groups is 1. The zero-order valence-electron chi connectivity index (χ0n) is 15.1. The molecule has 25 heavy (non-hydrogen) atoms. The van der Waals surface area contributed by atoms with Gasteiger partial charge in [-0.05, 0) is 47.9 Å². The summed E-state index contributed by atoms with van der Waals surface area (Å²) in [5, 5.41) is 8.91. The zero-order chi connectivity index (χ0) is 17.2. The average Bonchev–Trinajstić information content (AvgIpc) is 3.11. The molecular weight excluding hydrogens is 445 g/mol. The van der Waals surface area contributed by atoms with Crippen molar-refractivity contribution >= 4 is 41.3 Å². The zero-order valence-corrected chi connectivity index (χ0v) is 18.3. The van der Waals surface area contributed by atoms with Crippen molar-refractivity contribution in [3.8, 4) is 5.75 Å². The fourth-order valence-electron chi connectivity index (χ4n) is 2.49. The first-order chi connectivity index (χ1) is 11.7. The summed E-state index contributed by atoms with van der Waals surface area (Å²) in [7, 11) is 3.51. The normalized spacial score (nSPS) is 12.2. The quantitative estimate of drug-likeness (QED) is 0.347. The van der Waals surface area contributed by atoms with Crippen molar-refractivity contribution in [1.82, 2.24) is 10.6 Å². The Morgan fingerprint density at radius 2 is 2.08 bits per heavy atom. The number of hydrogen-bond donors (Lipinski definition) is 2. The molecule has 1 aromatic carbocycles. The van der Waals surface area contributed by atoms with E-state index in [9.17, 15) is 0 Å². The maximum Gasteiger partial charge on any atom is 0.190 e. The van der Waals surface area contributed by atoms with Crippen LogP contribution in [-0.4, -0.2) is 33.2 Å². The minimum Gasteiger partial charge on any atom is -0.497 e. The van der Waals surface area contributed by atoms with Gasteiger partial charge in [-0.2, -0.15) is 0 Å². The second-order valence-electron chi connectivity index (χ2n) is 5.87. The number of nitrogens with one attached hydrogen (secondary N) is 2. The molecule has 0 saturated heterocycles. The first-order valence-electron chi connectivity index (χ1n) is 8.31. The number of rotatable bonds is 8. The molecule has 1 aromatic heterocycles. The molecule has 138 valence electrons. The molecule has 0 amide bonds. The van der Waals surface area contributed by atoms with Crippen molar-refractivity contribution in [1.29, 1.82) is 0 Å². The minimum absolute atomic E-state index is 0. The summed E-state index contributed by atoms with van der Waals surface area (Å²) in [5.74, 6) is 2.33. The van der Waals surface area contributed by atoms with E-state index >= 15 is 0 Å². The Morgan fingerprint density at radius 3 is 2.76 bits per heavy atom. The van der Waals surface area contributed by atoms with E-state index in [2.05, 4.69) is 52.2 Å². The Hall–Kier alpha value is -1.28. The van der Waals surface area contributed by atoms with Crippen molar-refractivity contribution in [3.63, 3.8) is 0 Å². The molecule has 6 heteroatoms. The van der Waals surface area contributed by atoms with Crippen LogP contribution in [0, 0.1) is 5.92 Å². The molecule has 1 heterocycles. The highest BCUT2D eigenvalue weighted by Gasteiger charge is 2.06. The molecule has 0 spiro atoms. The lowest BCUT2D eigenvalue weighted by Crippen LogP contribution is -2.40. The third-order valence-corrected chi connectivity index (χ3v) is 4.71. The molecule has 1 atom stereocenters. The molecule has 0 aliphatic rings. The highest BCUT2D eigenvalue weighted by molar-refractivity contribution is 14.0. The van der Waals surface area contributed by atoms with Gasteiger partial charge in [-0.1, -0.05) is 25.1 Å². The van der Waals surface area contributed by atoms with E-state index in [0.29, 0.717) is 5.92 Å². The third-order valence-electron chi connectivity index (χ3n) is 3.81. The van der Waals surface area contributed by atoms with Gasteiger partial charge in [0.1, 0.15) is 5.75 Å². The molecule has 0 radical (unpaired) electrons. The highest BCUT2D eigenvalue weighted by atomic mass is 127. The van der Waals surface area contributed by atoms with Crippen molar-refractivity contribution in [2.45, 2.75) is 19.8 Å². The molecular formula is C19H28IN3OS. The van der Waals surface area contributed by atoms with Gasteiger partial charge in [-0.25, -0.2) is 0 Å². The monoisotopic (exact) mass is 473 g/mol. The van der Waals surface area contributed by atoms with E-state index in [0.717, 1.165) is 37.6 Å². The predicted molar refractivity (Wildman–Crippen MR) is 119 cm³/mol. The average molecular weight is 473 g/mol. The summed E-state index contributed by atoms with van der Waals surface area (Å²) < 4.78 is 5.26. The van der Waals surface area contributed by atoms with E-state index in [1.165, 1.54) is 10.4 Å². The van der Waals surface area contributed by atoms with Gasteiger partial charge in [0.05, 0.1) is 7.11 Å². The summed E-state index contributed by atoms with van der Waals surface area (Å²) in [5.41, 5.74) is 1.25. The number of nitrogens with zero attached hydrogens (tertiary/aromatic N) is 1. The number of ether oxygens (including phenoxy) is 1. The molecule has 0 fully saturated rings. The molecule has 0 aliphatic carbocycles. The van der Waals surface area contributed by atoms with Gasteiger partial charge in [0, 0.05) is 25.0 Å². The minimum atomic E-state index is 0. The number of hydrogen-bond acceptors (Lipinski definition) is 3. The number of halogens is 1. The van der Waals surface area contributed by atoms with Crippen LogP contribution in [0.15, 0.2) is 46.8 Å². The lowest BCUT2D eigenvalue weighted by atomic mass is 10.1. The van der Waals surface area contributed by atoms with Crippen molar-refractivity contribution < 1.29 is 4.74 Å². The van der Waals surface area contributed by atoms with Gasteiger partial charge in [0.2, 0.25) is 0 Å². The SMILES string of the molecule is CN=C(NCCc1cccc(OC)c1)NCC(C)Cc1cccs1.I. The topological polar surface area (TPSA) is 45.7 Å². The van der Waals surface area contributed by atoms with Crippen LogP contribution in [0.25, 0.3) is 0 Å². The van der Waals surface area contributed by atoms with Crippen LogP contribution >= 0.6 is 35.3 Å². The summed E-state index contributed by atoms with van der Waals surface area (Å²) in [6.07, 6.45) is 2.04. The van der Waals surface area contributed by atoms with E-state index in [1.807, 2.05) is 30.5 Å². The number of thiophene rings is 1. The van der Waals surface area contributed by atoms with Crippen LogP contribution in [0.4, 0.5) is 0 Å². The van der Waals surface area contributed by atoms with Crippen LogP contribution in [-0.2, 0) is 12.8 Å². The molecule has 0 bridgehead atoms. The van der Waals surface area contributed by atoms with E-state index in [4.69, 9.17) is 4.74 Å². The van der Waals surface area contributed by atoms with Gasteiger partial charge in [0.15, 0.2) is 5.96 Å². The van der Waals surface area contributed by atoms with Crippen LogP contribution in [0.5, 0.6) is 5.75 Å². The Balaban J connectivity index is 0.00000312. The molecule has 2 rings (SSSR count). The molecule has 0 aliphatic heterocycles. The first kappa shape index (κ1) is 21.8. The largest absolute Gasteiger partial charge is 0.497 e. The van der Waals surface area contributed by atoms with Crippen molar-refractivity contribution in [3.05, 3.63) is 52.2 Å². The van der Waals surface area contributed by atoms with E-state index in [-0.39, 0.29) is 24.0 Å². The van der Waals surface area contributed by atoms with E-state index in [1.54, 1.807) is 7.11 Å². The fraction of sp³-hybridized carbons (Fsp3) is 0.421. The number of methoxy groups -OCH3 is 1. The van der Waals surface area contributed by atoms with Crippen LogP contribution in [0.3, 0.4) is 0 Å². The lowest BCUT2D eigenvalue weighted by molar-refractivity contribution is 0.414. The Kier molecular flexibility index (Phi) is 10.6. The van der Waals surface area contributed by atoms with Gasteiger partial charge in [-0.15, -0.1) is 35.3 Å². The molecule has 2 aromatic rings. The second-order valence-corrected chi connectivity index (χ2v) is 6.90. The second kappa shape index (κ2) is 12.1. The summed E-state index contributed by atoms with van der Waals surface area (Å²) in [6.45, 7) is 4.01. The summed E-state index contributed by atoms with van der Waals surface area (Å²) in [6, 6.07) is 12.5. The Labute approximate surface area is 172 Å². The smallest absolute Gasteiger partial charge is 0.190 e. The molecule has 0 saturated carbocycles.